The number of anilines is 1. The second-order valence-corrected chi connectivity index (χ2v) is 11.6. The van der Waals surface area contributed by atoms with Gasteiger partial charge in [-0.1, -0.05) is 40.3 Å². The van der Waals surface area contributed by atoms with Crippen LogP contribution in [0.2, 0.25) is 0 Å². The number of carbonyl (C=O) groups excluding carboxylic acids is 1. The highest BCUT2D eigenvalue weighted by Gasteiger charge is 2.44. The van der Waals surface area contributed by atoms with Crippen molar-refractivity contribution in [2.45, 2.75) is 57.8 Å². The topological polar surface area (TPSA) is 60.8 Å². The van der Waals surface area contributed by atoms with Crippen molar-refractivity contribution in [1.29, 1.82) is 0 Å². The van der Waals surface area contributed by atoms with Crippen molar-refractivity contribution in [3.63, 3.8) is 0 Å². The normalized spacial score (nSPS) is 19.0. The van der Waals surface area contributed by atoms with Gasteiger partial charge >= 0.3 is 12.4 Å². The van der Waals surface area contributed by atoms with E-state index in [1.54, 1.807) is 39.5 Å². The Bertz CT molecular complexity index is 1570. The Morgan fingerprint density at radius 1 is 1.00 bits per heavy atom. The minimum absolute atomic E-state index is 0.0416. The van der Waals surface area contributed by atoms with Crippen LogP contribution in [0.5, 0.6) is 0 Å². The van der Waals surface area contributed by atoms with Gasteiger partial charge < -0.3 is 15.1 Å². The van der Waals surface area contributed by atoms with Gasteiger partial charge in [-0.2, -0.15) is 26.3 Å². The Morgan fingerprint density at radius 2 is 1.57 bits per heavy atom. The number of halogens is 6. The van der Waals surface area contributed by atoms with Gasteiger partial charge in [-0.25, -0.2) is 0 Å². The SMILES string of the molecule is C=C(/C=C1/C(=O)C(/C=C2\N(CCO)c3ccc(C(F)(F)F)cc3C2(C)C)=C1O)C(C)(C)c1cc(C(F)(F)F)ccc1C. The van der Waals surface area contributed by atoms with Crippen molar-refractivity contribution in [1.82, 2.24) is 0 Å². The predicted molar refractivity (Wildman–Crippen MR) is 148 cm³/mol. The van der Waals surface area contributed by atoms with Crippen LogP contribution in [-0.2, 0) is 28.0 Å². The second-order valence-electron chi connectivity index (χ2n) is 11.6. The number of aliphatic hydroxyl groups is 2. The molecular formula is C32H31F6NO3. The van der Waals surface area contributed by atoms with Gasteiger partial charge in [0, 0.05) is 28.8 Å². The van der Waals surface area contributed by atoms with E-state index in [0.717, 1.165) is 24.3 Å². The average molecular weight is 592 g/mol. The number of ketones is 1. The summed E-state index contributed by atoms with van der Waals surface area (Å²) in [6.45, 7) is 12.1. The summed E-state index contributed by atoms with van der Waals surface area (Å²) >= 11 is 0. The van der Waals surface area contributed by atoms with E-state index in [1.807, 2.05) is 0 Å². The zero-order chi connectivity index (χ0) is 31.6. The maximum atomic E-state index is 13.4. The molecule has 1 aliphatic heterocycles. The molecule has 4 rings (SSSR count). The monoisotopic (exact) mass is 591 g/mol. The summed E-state index contributed by atoms with van der Waals surface area (Å²) < 4.78 is 80.5. The van der Waals surface area contributed by atoms with Crippen LogP contribution in [0, 0.1) is 6.92 Å². The zero-order valence-corrected chi connectivity index (χ0v) is 23.8. The van der Waals surface area contributed by atoms with Crippen molar-refractivity contribution >= 4 is 11.5 Å². The van der Waals surface area contributed by atoms with Crippen LogP contribution >= 0.6 is 0 Å². The van der Waals surface area contributed by atoms with Crippen LogP contribution in [0.3, 0.4) is 0 Å². The Morgan fingerprint density at radius 3 is 2.12 bits per heavy atom. The second kappa shape index (κ2) is 10.2. The maximum absolute atomic E-state index is 13.4. The number of nitrogens with zero attached hydrogens (tertiary/aromatic N) is 1. The fourth-order valence-electron chi connectivity index (χ4n) is 5.50. The van der Waals surface area contributed by atoms with Crippen molar-refractivity contribution in [2.75, 3.05) is 18.1 Å². The third-order valence-electron chi connectivity index (χ3n) is 8.18. The zero-order valence-electron chi connectivity index (χ0n) is 23.8. The van der Waals surface area contributed by atoms with E-state index in [0.29, 0.717) is 33.6 Å². The molecule has 0 unspecified atom stereocenters. The molecule has 0 atom stereocenters. The van der Waals surface area contributed by atoms with Gasteiger partial charge in [0.05, 0.1) is 28.9 Å². The lowest BCUT2D eigenvalue weighted by Gasteiger charge is -2.31. The summed E-state index contributed by atoms with van der Waals surface area (Å²) in [6, 6.07) is 6.73. The lowest BCUT2D eigenvalue weighted by molar-refractivity contribution is -0.138. The van der Waals surface area contributed by atoms with Crippen molar-refractivity contribution in [3.8, 4) is 0 Å². The number of rotatable bonds is 6. The molecule has 2 N–H and O–H groups in total. The Balaban J connectivity index is 1.72. The first-order chi connectivity index (χ1) is 19.2. The molecule has 2 aromatic carbocycles. The molecule has 224 valence electrons. The van der Waals surface area contributed by atoms with Crippen molar-refractivity contribution < 1.29 is 41.4 Å². The van der Waals surface area contributed by atoms with Gasteiger partial charge in [-0.05, 0) is 71.7 Å². The molecule has 0 saturated carbocycles. The van der Waals surface area contributed by atoms with Crippen molar-refractivity contribution in [3.05, 3.63) is 111 Å². The first-order valence-corrected chi connectivity index (χ1v) is 13.1. The molecule has 0 amide bonds. The van der Waals surface area contributed by atoms with Gasteiger partial charge in [0.15, 0.2) is 0 Å². The molecule has 1 heterocycles. The molecule has 2 aromatic rings. The molecule has 2 aliphatic rings. The third-order valence-corrected chi connectivity index (χ3v) is 8.18. The first kappa shape index (κ1) is 31.2. The summed E-state index contributed by atoms with van der Waals surface area (Å²) in [5, 5.41) is 20.5. The smallest absolute Gasteiger partial charge is 0.416 e. The Kier molecular flexibility index (Phi) is 7.55. The van der Waals surface area contributed by atoms with E-state index in [1.165, 1.54) is 24.3 Å². The number of hydrogen-bond acceptors (Lipinski definition) is 4. The number of fused-ring (bicyclic) bond motifs is 1. The molecule has 1 aliphatic carbocycles. The summed E-state index contributed by atoms with van der Waals surface area (Å²) in [7, 11) is 0. The van der Waals surface area contributed by atoms with Crippen LogP contribution in [0.25, 0.3) is 0 Å². The number of aliphatic hydroxyl groups excluding tert-OH is 2. The highest BCUT2D eigenvalue weighted by Crippen LogP contribution is 2.50. The Hall–Kier alpha value is -3.79. The lowest BCUT2D eigenvalue weighted by Crippen LogP contribution is -2.31. The Labute approximate surface area is 240 Å². The largest absolute Gasteiger partial charge is 0.506 e. The summed E-state index contributed by atoms with van der Waals surface area (Å²) in [5.41, 5.74) is -1.37. The third kappa shape index (κ3) is 5.17. The maximum Gasteiger partial charge on any atom is 0.416 e. The van der Waals surface area contributed by atoms with Gasteiger partial charge in [-0.3, -0.25) is 4.79 Å². The van der Waals surface area contributed by atoms with E-state index in [9.17, 15) is 41.4 Å². The number of β-amino-alcohol motifs (C(OH)–C–C–N with tert-alkyl or cyclic N) is 1. The lowest BCUT2D eigenvalue weighted by atomic mass is 9.73. The molecule has 4 nitrogen and oxygen atoms in total. The van der Waals surface area contributed by atoms with Crippen LogP contribution in [0.15, 0.2) is 83.3 Å². The molecule has 42 heavy (non-hydrogen) atoms. The first-order valence-electron chi connectivity index (χ1n) is 13.1. The highest BCUT2D eigenvalue weighted by molar-refractivity contribution is 6.21. The quantitative estimate of drug-likeness (QED) is 0.265. The minimum Gasteiger partial charge on any atom is -0.506 e. The number of hydrogen-bond donors (Lipinski definition) is 2. The molecule has 0 radical (unpaired) electrons. The predicted octanol–water partition coefficient (Wildman–Crippen LogP) is 7.86. The van der Waals surface area contributed by atoms with E-state index in [2.05, 4.69) is 6.58 Å². The molecule has 0 fully saturated rings. The van der Waals surface area contributed by atoms with Crippen LogP contribution < -0.4 is 4.90 Å². The summed E-state index contributed by atoms with van der Waals surface area (Å²) in [5.74, 6) is -0.915. The van der Waals surface area contributed by atoms with E-state index in [-0.39, 0.29) is 30.1 Å². The number of carbonyl (C=O) groups is 1. The fraction of sp³-hybridized carbons (Fsp3) is 0.344. The number of benzene rings is 2. The standard InChI is InChI=1S/C32H31F6NO3/c1-17-7-8-19(31(33,34)35)14-23(17)29(3,4)18(2)13-21-27(41)22(28(21)42)16-26-30(5,6)24-15-20(32(36,37)38)9-10-25(24)39(26)11-12-40/h7-10,13-16,40-41H,2,11-12H2,1,3-6H3/b21-13+,26-16-. The number of Topliss-reactive ketones (excluding diaryl/α,β-unsaturated/α-hetero) is 1. The van der Waals surface area contributed by atoms with Gasteiger partial charge in [-0.15, -0.1) is 0 Å². The number of alkyl halides is 6. The molecule has 0 saturated heterocycles. The van der Waals surface area contributed by atoms with E-state index >= 15 is 0 Å². The molecule has 0 spiro atoms. The molecule has 10 heteroatoms. The number of allylic oxidation sites excluding steroid dienone is 6. The van der Waals surface area contributed by atoms with Crippen LogP contribution in [0.1, 0.15) is 55.5 Å². The number of aryl methyl sites for hydroxylation is 1. The van der Waals surface area contributed by atoms with Gasteiger partial charge in [0.1, 0.15) is 5.76 Å². The minimum atomic E-state index is -4.56. The van der Waals surface area contributed by atoms with Crippen molar-refractivity contribution in [2.24, 2.45) is 0 Å². The van der Waals surface area contributed by atoms with E-state index < -0.39 is 40.1 Å². The fourth-order valence-corrected chi connectivity index (χ4v) is 5.50. The average Bonchev–Trinajstić information content (AvgIpc) is 3.09. The van der Waals surface area contributed by atoms with Gasteiger partial charge in [0.2, 0.25) is 5.78 Å². The summed E-state index contributed by atoms with van der Waals surface area (Å²) in [6.07, 6.45) is -6.36. The molecule has 0 bridgehead atoms. The molecular weight excluding hydrogens is 560 g/mol. The molecule has 0 aromatic heterocycles. The highest BCUT2D eigenvalue weighted by atomic mass is 19.4. The van der Waals surface area contributed by atoms with Crippen LogP contribution in [0.4, 0.5) is 32.0 Å². The van der Waals surface area contributed by atoms with Crippen LogP contribution in [-0.4, -0.2) is 29.1 Å². The van der Waals surface area contributed by atoms with E-state index in [4.69, 9.17) is 0 Å². The summed E-state index contributed by atoms with van der Waals surface area (Å²) in [4.78, 5) is 14.8. The van der Waals surface area contributed by atoms with Gasteiger partial charge in [0.25, 0.3) is 0 Å².